The van der Waals surface area contributed by atoms with Crippen LogP contribution in [0.3, 0.4) is 0 Å². The van der Waals surface area contributed by atoms with E-state index < -0.39 is 6.10 Å². The zero-order valence-electron chi connectivity index (χ0n) is 6.57. The summed E-state index contributed by atoms with van der Waals surface area (Å²) in [5.41, 5.74) is -0.105. The van der Waals surface area contributed by atoms with Crippen molar-refractivity contribution in [1.82, 2.24) is 9.55 Å². The number of aliphatic hydroxyl groups excluding tert-OH is 1. The minimum atomic E-state index is -0.525. The average molecular weight is 280 g/mol. The lowest BCUT2D eigenvalue weighted by atomic mass is 10.4. The lowest BCUT2D eigenvalue weighted by molar-refractivity contribution is 0.171. The Labute approximate surface area is 83.4 Å². The fourth-order valence-corrected chi connectivity index (χ4v) is 1.31. The van der Waals surface area contributed by atoms with Crippen LogP contribution in [-0.4, -0.2) is 20.8 Å². The van der Waals surface area contributed by atoms with E-state index in [-0.39, 0.29) is 5.56 Å². The highest BCUT2D eigenvalue weighted by molar-refractivity contribution is 14.1. The second-order valence-electron chi connectivity index (χ2n) is 2.55. The maximum atomic E-state index is 11.3. The largest absolute Gasteiger partial charge is 0.392 e. The van der Waals surface area contributed by atoms with Crippen molar-refractivity contribution in [2.24, 2.45) is 0 Å². The van der Waals surface area contributed by atoms with Crippen LogP contribution in [0.2, 0.25) is 0 Å². The molecule has 0 aliphatic rings. The molecule has 0 saturated heterocycles. The molecular weight excluding hydrogens is 271 g/mol. The highest BCUT2D eigenvalue weighted by atomic mass is 127. The lowest BCUT2D eigenvalue weighted by Gasteiger charge is -2.06. The second-order valence-corrected chi connectivity index (χ2v) is 3.71. The van der Waals surface area contributed by atoms with Crippen molar-refractivity contribution in [1.29, 1.82) is 0 Å². The first-order chi connectivity index (χ1) is 5.61. The van der Waals surface area contributed by atoms with Gasteiger partial charge in [0.2, 0.25) is 0 Å². The minimum Gasteiger partial charge on any atom is -0.392 e. The molecule has 0 radical (unpaired) electrons. The van der Waals surface area contributed by atoms with E-state index in [1.54, 1.807) is 6.92 Å². The van der Waals surface area contributed by atoms with E-state index in [4.69, 9.17) is 5.11 Å². The quantitative estimate of drug-likeness (QED) is 0.789. The standard InChI is InChI=1S/C7H9IN2O2/c1-5(11)3-10-4-9-2-6(8)7(10)12/h2,4-5,11H,3H2,1H3. The van der Waals surface area contributed by atoms with Gasteiger partial charge < -0.3 is 5.11 Å². The molecule has 0 fully saturated rings. The molecule has 0 aliphatic carbocycles. The van der Waals surface area contributed by atoms with Crippen molar-refractivity contribution in [2.45, 2.75) is 19.6 Å². The summed E-state index contributed by atoms with van der Waals surface area (Å²) in [5.74, 6) is 0. The van der Waals surface area contributed by atoms with Gasteiger partial charge in [-0.3, -0.25) is 9.36 Å². The normalized spacial score (nSPS) is 12.9. The molecule has 1 unspecified atom stereocenters. The van der Waals surface area contributed by atoms with Crippen molar-refractivity contribution in [2.75, 3.05) is 0 Å². The molecule has 1 aromatic heterocycles. The third-order valence-electron chi connectivity index (χ3n) is 1.32. The number of aromatic nitrogens is 2. The third kappa shape index (κ3) is 2.28. The van der Waals surface area contributed by atoms with Crippen LogP contribution >= 0.6 is 22.6 Å². The Morgan fingerprint density at radius 3 is 3.08 bits per heavy atom. The Bertz CT molecular complexity index is 321. The fourth-order valence-electron chi connectivity index (χ4n) is 0.839. The van der Waals surface area contributed by atoms with Crippen LogP contribution in [0.4, 0.5) is 0 Å². The SMILES string of the molecule is CC(O)Cn1cncc(I)c1=O. The molecule has 1 rings (SSSR count). The van der Waals surface area contributed by atoms with Crippen LogP contribution < -0.4 is 5.56 Å². The van der Waals surface area contributed by atoms with E-state index in [1.807, 2.05) is 22.6 Å². The maximum Gasteiger partial charge on any atom is 0.266 e. The monoisotopic (exact) mass is 280 g/mol. The molecule has 1 N–H and O–H groups in total. The van der Waals surface area contributed by atoms with Gasteiger partial charge in [0.15, 0.2) is 0 Å². The van der Waals surface area contributed by atoms with Gasteiger partial charge in [-0.25, -0.2) is 4.98 Å². The molecule has 0 spiro atoms. The van der Waals surface area contributed by atoms with Crippen molar-refractivity contribution in [3.8, 4) is 0 Å². The van der Waals surface area contributed by atoms with E-state index in [0.717, 1.165) is 0 Å². The Morgan fingerprint density at radius 1 is 1.83 bits per heavy atom. The summed E-state index contributed by atoms with van der Waals surface area (Å²) in [6.07, 6.45) is 2.40. The number of halogens is 1. The van der Waals surface area contributed by atoms with Crippen molar-refractivity contribution < 1.29 is 5.11 Å². The van der Waals surface area contributed by atoms with Gasteiger partial charge in [-0.05, 0) is 29.5 Å². The van der Waals surface area contributed by atoms with Crippen LogP contribution in [-0.2, 0) is 6.54 Å². The van der Waals surface area contributed by atoms with Gasteiger partial charge in [-0.1, -0.05) is 0 Å². The molecule has 66 valence electrons. The summed E-state index contributed by atoms with van der Waals surface area (Å²) in [6, 6.07) is 0. The fraction of sp³-hybridized carbons (Fsp3) is 0.429. The van der Waals surface area contributed by atoms with Gasteiger partial charge in [0.1, 0.15) is 0 Å². The molecule has 12 heavy (non-hydrogen) atoms. The Kier molecular flexibility index (Phi) is 3.21. The molecule has 0 saturated carbocycles. The third-order valence-corrected chi connectivity index (χ3v) is 2.06. The van der Waals surface area contributed by atoms with Crippen molar-refractivity contribution >= 4 is 22.6 Å². The molecule has 0 amide bonds. The summed E-state index contributed by atoms with van der Waals surface area (Å²) in [6.45, 7) is 1.93. The molecule has 1 atom stereocenters. The van der Waals surface area contributed by atoms with Gasteiger partial charge in [-0.15, -0.1) is 0 Å². The zero-order chi connectivity index (χ0) is 9.14. The summed E-state index contributed by atoms with van der Waals surface area (Å²) in [5, 5.41) is 9.03. The van der Waals surface area contributed by atoms with Gasteiger partial charge in [0.25, 0.3) is 5.56 Å². The van der Waals surface area contributed by atoms with Crippen LogP contribution in [0.5, 0.6) is 0 Å². The van der Waals surface area contributed by atoms with Crippen LogP contribution in [0, 0.1) is 3.57 Å². The second kappa shape index (κ2) is 3.99. The lowest BCUT2D eigenvalue weighted by Crippen LogP contribution is -2.26. The van der Waals surface area contributed by atoms with E-state index in [2.05, 4.69) is 4.98 Å². The molecular formula is C7H9IN2O2. The highest BCUT2D eigenvalue weighted by Gasteiger charge is 2.02. The van der Waals surface area contributed by atoms with E-state index in [0.29, 0.717) is 10.1 Å². The number of hydrogen-bond acceptors (Lipinski definition) is 3. The zero-order valence-corrected chi connectivity index (χ0v) is 8.72. The molecule has 0 aliphatic heterocycles. The first-order valence-electron chi connectivity index (χ1n) is 3.49. The number of nitrogens with zero attached hydrogens (tertiary/aromatic N) is 2. The molecule has 4 nitrogen and oxygen atoms in total. The first-order valence-corrected chi connectivity index (χ1v) is 4.57. The van der Waals surface area contributed by atoms with Crippen LogP contribution in [0.25, 0.3) is 0 Å². The van der Waals surface area contributed by atoms with Crippen molar-refractivity contribution in [3.05, 3.63) is 26.4 Å². The molecule has 5 heteroatoms. The Morgan fingerprint density at radius 2 is 2.50 bits per heavy atom. The van der Waals surface area contributed by atoms with Gasteiger partial charge >= 0.3 is 0 Å². The molecule has 0 aromatic carbocycles. The van der Waals surface area contributed by atoms with Gasteiger partial charge in [0, 0.05) is 6.20 Å². The Balaban J connectivity index is 3.01. The predicted octanol–water partition coefficient (Wildman–Crippen LogP) is 0.229. The van der Waals surface area contributed by atoms with Gasteiger partial charge in [-0.2, -0.15) is 0 Å². The first kappa shape index (κ1) is 9.66. The smallest absolute Gasteiger partial charge is 0.266 e. The van der Waals surface area contributed by atoms with Crippen molar-refractivity contribution in [3.63, 3.8) is 0 Å². The molecule has 1 aromatic rings. The topological polar surface area (TPSA) is 55.1 Å². The summed E-state index contributed by atoms with van der Waals surface area (Å²) >= 11 is 1.92. The molecule has 1 heterocycles. The number of aliphatic hydroxyl groups is 1. The van der Waals surface area contributed by atoms with E-state index in [1.165, 1.54) is 17.1 Å². The highest BCUT2D eigenvalue weighted by Crippen LogP contribution is 1.94. The Hall–Kier alpha value is -0.430. The number of rotatable bonds is 2. The number of hydrogen-bond donors (Lipinski definition) is 1. The van der Waals surface area contributed by atoms with E-state index in [9.17, 15) is 4.79 Å². The maximum absolute atomic E-state index is 11.3. The predicted molar refractivity (Wildman–Crippen MR) is 52.9 cm³/mol. The summed E-state index contributed by atoms with van der Waals surface area (Å²) < 4.78 is 1.96. The van der Waals surface area contributed by atoms with Crippen LogP contribution in [0.1, 0.15) is 6.92 Å². The van der Waals surface area contributed by atoms with Crippen LogP contribution in [0.15, 0.2) is 17.3 Å². The van der Waals surface area contributed by atoms with Gasteiger partial charge in [0.05, 0.1) is 22.5 Å². The minimum absolute atomic E-state index is 0.105. The average Bonchev–Trinajstić information content (AvgIpc) is 1.98. The summed E-state index contributed by atoms with van der Waals surface area (Å²) in [4.78, 5) is 15.2. The molecule has 0 bridgehead atoms. The summed E-state index contributed by atoms with van der Waals surface area (Å²) in [7, 11) is 0. The van der Waals surface area contributed by atoms with E-state index >= 15 is 0 Å².